The van der Waals surface area contributed by atoms with Gasteiger partial charge in [-0.2, -0.15) is 0 Å². The predicted molar refractivity (Wildman–Crippen MR) is 77.2 cm³/mol. The fraction of sp³-hybridized carbons (Fsp3) is 0.286. The number of methoxy groups -OCH3 is 1. The van der Waals surface area contributed by atoms with Crippen LogP contribution in [0.2, 0.25) is 0 Å². The monoisotopic (exact) mass is 276 g/mol. The van der Waals surface area contributed by atoms with Gasteiger partial charge in [-0.3, -0.25) is 4.79 Å². The van der Waals surface area contributed by atoms with E-state index in [0.717, 1.165) is 16.1 Å². The van der Waals surface area contributed by atoms with E-state index in [1.807, 2.05) is 12.1 Å². The molecular formula is C14H16N2O2S. The first-order chi connectivity index (χ1) is 9.01. The normalized spacial score (nSPS) is 10.5. The van der Waals surface area contributed by atoms with Crippen LogP contribution in [0.15, 0.2) is 18.2 Å². The summed E-state index contributed by atoms with van der Waals surface area (Å²) in [4.78, 5) is 16.6. The van der Waals surface area contributed by atoms with Crippen LogP contribution < -0.4 is 5.73 Å². The number of nitrogen functional groups attached to an aromatic ring is 1. The molecule has 1 heterocycles. The van der Waals surface area contributed by atoms with E-state index in [0.29, 0.717) is 5.13 Å². The van der Waals surface area contributed by atoms with Crippen LogP contribution in [0.25, 0.3) is 11.3 Å². The van der Waals surface area contributed by atoms with Crippen molar-refractivity contribution in [2.45, 2.75) is 20.3 Å². The van der Waals surface area contributed by atoms with Crippen LogP contribution in [-0.2, 0) is 16.0 Å². The van der Waals surface area contributed by atoms with Gasteiger partial charge in [0.25, 0.3) is 0 Å². The van der Waals surface area contributed by atoms with E-state index in [1.165, 1.54) is 29.6 Å². The molecule has 0 aliphatic carbocycles. The molecule has 0 spiro atoms. The molecule has 1 aromatic carbocycles. The lowest BCUT2D eigenvalue weighted by Gasteiger charge is -2.05. The van der Waals surface area contributed by atoms with Crippen LogP contribution in [0.5, 0.6) is 0 Å². The van der Waals surface area contributed by atoms with Crippen molar-refractivity contribution in [2.24, 2.45) is 0 Å². The molecule has 0 saturated heterocycles. The first kappa shape index (κ1) is 13.5. The summed E-state index contributed by atoms with van der Waals surface area (Å²) >= 11 is 1.33. The molecule has 0 amide bonds. The van der Waals surface area contributed by atoms with Crippen LogP contribution in [0, 0.1) is 13.8 Å². The number of carbonyl (C=O) groups excluding carboxylic acids is 1. The number of hydrogen-bond donors (Lipinski definition) is 1. The maximum Gasteiger partial charge on any atom is 0.310 e. The maximum absolute atomic E-state index is 11.4. The number of nitrogens with two attached hydrogens (primary N) is 1. The number of ether oxygens (including phenoxy) is 1. The standard InChI is InChI=1S/C14H16N2O2S/c1-8-4-5-10(6-9(8)2)13-11(7-12(17)18-3)19-14(15)16-13/h4-6H,7H2,1-3H3,(H2,15,16). The Morgan fingerprint density at radius 3 is 2.74 bits per heavy atom. The van der Waals surface area contributed by atoms with Gasteiger partial charge >= 0.3 is 5.97 Å². The summed E-state index contributed by atoms with van der Waals surface area (Å²) in [5.41, 5.74) is 9.92. The average Bonchev–Trinajstić information content (AvgIpc) is 2.73. The van der Waals surface area contributed by atoms with Gasteiger partial charge in [0.05, 0.1) is 19.2 Å². The minimum absolute atomic E-state index is 0.202. The minimum atomic E-state index is -0.284. The molecule has 0 radical (unpaired) electrons. The summed E-state index contributed by atoms with van der Waals surface area (Å²) in [6.45, 7) is 4.11. The number of esters is 1. The highest BCUT2D eigenvalue weighted by atomic mass is 32.1. The molecule has 0 aliphatic rings. The summed E-state index contributed by atoms with van der Waals surface area (Å²) in [7, 11) is 1.38. The quantitative estimate of drug-likeness (QED) is 0.875. The van der Waals surface area contributed by atoms with Crippen molar-refractivity contribution in [1.82, 2.24) is 4.98 Å². The summed E-state index contributed by atoms with van der Waals surface area (Å²) in [5, 5.41) is 0.465. The summed E-state index contributed by atoms with van der Waals surface area (Å²) in [6.07, 6.45) is 0.202. The van der Waals surface area contributed by atoms with Crippen molar-refractivity contribution in [2.75, 3.05) is 12.8 Å². The lowest BCUT2D eigenvalue weighted by Crippen LogP contribution is -2.04. The molecule has 100 valence electrons. The van der Waals surface area contributed by atoms with Gasteiger partial charge < -0.3 is 10.5 Å². The van der Waals surface area contributed by atoms with E-state index in [9.17, 15) is 4.79 Å². The number of benzene rings is 1. The van der Waals surface area contributed by atoms with Crippen LogP contribution in [-0.4, -0.2) is 18.1 Å². The minimum Gasteiger partial charge on any atom is -0.469 e. The van der Waals surface area contributed by atoms with Crippen LogP contribution in [0.1, 0.15) is 16.0 Å². The van der Waals surface area contributed by atoms with E-state index in [1.54, 1.807) is 0 Å². The first-order valence-electron chi connectivity index (χ1n) is 5.91. The number of aryl methyl sites for hydroxylation is 2. The number of thiazole rings is 1. The number of carbonyl (C=O) groups is 1. The van der Waals surface area contributed by atoms with Gasteiger partial charge in [0.2, 0.25) is 0 Å². The lowest BCUT2D eigenvalue weighted by atomic mass is 10.0. The molecule has 0 atom stereocenters. The zero-order valence-corrected chi connectivity index (χ0v) is 12.0. The third-order valence-electron chi connectivity index (χ3n) is 3.03. The number of rotatable bonds is 3. The van der Waals surface area contributed by atoms with Crippen molar-refractivity contribution in [1.29, 1.82) is 0 Å². The fourth-order valence-corrected chi connectivity index (χ4v) is 2.65. The molecule has 4 nitrogen and oxygen atoms in total. The molecule has 0 unspecified atom stereocenters. The molecule has 0 saturated carbocycles. The highest BCUT2D eigenvalue weighted by Gasteiger charge is 2.15. The van der Waals surface area contributed by atoms with Crippen molar-refractivity contribution < 1.29 is 9.53 Å². The SMILES string of the molecule is COC(=O)Cc1sc(N)nc1-c1ccc(C)c(C)c1. The molecule has 2 N–H and O–H groups in total. The largest absolute Gasteiger partial charge is 0.469 e. The van der Waals surface area contributed by atoms with Gasteiger partial charge in [-0.25, -0.2) is 4.98 Å². The average molecular weight is 276 g/mol. The molecule has 19 heavy (non-hydrogen) atoms. The van der Waals surface area contributed by atoms with Crippen molar-refractivity contribution in [3.63, 3.8) is 0 Å². The maximum atomic E-state index is 11.4. The van der Waals surface area contributed by atoms with E-state index in [2.05, 4.69) is 24.9 Å². The van der Waals surface area contributed by atoms with E-state index < -0.39 is 0 Å². The van der Waals surface area contributed by atoms with E-state index >= 15 is 0 Å². The fourth-order valence-electron chi connectivity index (χ4n) is 1.81. The molecular weight excluding hydrogens is 260 g/mol. The van der Waals surface area contributed by atoms with E-state index in [-0.39, 0.29) is 12.4 Å². The van der Waals surface area contributed by atoms with Gasteiger partial charge in [0, 0.05) is 10.4 Å². The smallest absolute Gasteiger partial charge is 0.310 e. The van der Waals surface area contributed by atoms with Crippen LogP contribution in [0.3, 0.4) is 0 Å². The summed E-state index contributed by atoms with van der Waals surface area (Å²) < 4.78 is 4.70. The molecule has 2 aromatic rings. The Morgan fingerprint density at radius 1 is 1.37 bits per heavy atom. The molecule has 0 aliphatic heterocycles. The van der Waals surface area contributed by atoms with Gasteiger partial charge in [-0.15, -0.1) is 11.3 Å². The zero-order chi connectivity index (χ0) is 14.0. The highest BCUT2D eigenvalue weighted by molar-refractivity contribution is 7.15. The lowest BCUT2D eigenvalue weighted by molar-refractivity contribution is -0.139. The Labute approximate surface area is 116 Å². The van der Waals surface area contributed by atoms with Crippen molar-refractivity contribution >= 4 is 22.4 Å². The molecule has 5 heteroatoms. The number of aromatic nitrogens is 1. The Morgan fingerprint density at radius 2 is 2.11 bits per heavy atom. The third-order valence-corrected chi connectivity index (χ3v) is 3.91. The molecule has 0 fully saturated rings. The van der Waals surface area contributed by atoms with Gasteiger partial charge in [-0.05, 0) is 31.0 Å². The van der Waals surface area contributed by atoms with Crippen molar-refractivity contribution in [3.8, 4) is 11.3 Å². The molecule has 2 rings (SSSR count). The number of nitrogens with zero attached hydrogens (tertiary/aromatic N) is 1. The second kappa shape index (κ2) is 5.40. The molecule has 0 bridgehead atoms. The number of hydrogen-bond acceptors (Lipinski definition) is 5. The van der Waals surface area contributed by atoms with Crippen LogP contribution >= 0.6 is 11.3 Å². The van der Waals surface area contributed by atoms with Gasteiger partial charge in [-0.1, -0.05) is 12.1 Å². The van der Waals surface area contributed by atoms with Crippen LogP contribution in [0.4, 0.5) is 5.13 Å². The Bertz CT molecular complexity index is 620. The highest BCUT2D eigenvalue weighted by Crippen LogP contribution is 2.31. The van der Waals surface area contributed by atoms with Gasteiger partial charge in [0.15, 0.2) is 5.13 Å². The Kier molecular flexibility index (Phi) is 3.85. The number of anilines is 1. The summed E-state index contributed by atoms with van der Waals surface area (Å²) in [6, 6.07) is 6.10. The predicted octanol–water partition coefficient (Wildman–Crippen LogP) is 2.72. The second-order valence-corrected chi connectivity index (χ2v) is 5.49. The van der Waals surface area contributed by atoms with Crippen molar-refractivity contribution in [3.05, 3.63) is 34.2 Å². The molecule has 1 aromatic heterocycles. The topological polar surface area (TPSA) is 65.2 Å². The van der Waals surface area contributed by atoms with E-state index in [4.69, 9.17) is 10.5 Å². The first-order valence-corrected chi connectivity index (χ1v) is 6.72. The zero-order valence-electron chi connectivity index (χ0n) is 11.2. The Balaban J connectivity index is 2.43. The summed E-state index contributed by atoms with van der Waals surface area (Å²) in [5.74, 6) is -0.284. The second-order valence-electron chi connectivity index (χ2n) is 4.38. The third kappa shape index (κ3) is 2.93. The Hall–Kier alpha value is -1.88. The van der Waals surface area contributed by atoms with Gasteiger partial charge in [0.1, 0.15) is 0 Å².